The van der Waals surface area contributed by atoms with Crippen LogP contribution in [0.15, 0.2) is 47.4 Å². The van der Waals surface area contributed by atoms with Gasteiger partial charge in [-0.15, -0.1) is 0 Å². The van der Waals surface area contributed by atoms with E-state index < -0.39 is 0 Å². The summed E-state index contributed by atoms with van der Waals surface area (Å²) in [5, 5.41) is 0. The zero-order valence-electron chi connectivity index (χ0n) is 15.6. The van der Waals surface area contributed by atoms with Crippen LogP contribution in [0.4, 0.5) is 0 Å². The van der Waals surface area contributed by atoms with Crippen molar-refractivity contribution in [1.82, 2.24) is 9.47 Å². The van der Waals surface area contributed by atoms with Gasteiger partial charge >= 0.3 is 0 Å². The zero-order chi connectivity index (χ0) is 17.9. The number of hydrogen-bond acceptors (Lipinski definition) is 3. The van der Waals surface area contributed by atoms with Gasteiger partial charge in [0, 0.05) is 37.9 Å². The summed E-state index contributed by atoms with van der Waals surface area (Å²) >= 11 is 0. The molecule has 138 valence electrons. The molecule has 0 N–H and O–H groups in total. The van der Waals surface area contributed by atoms with Gasteiger partial charge in [-0.3, -0.25) is 4.79 Å². The molecule has 0 bridgehead atoms. The van der Waals surface area contributed by atoms with E-state index in [1.54, 1.807) is 17.8 Å². The van der Waals surface area contributed by atoms with E-state index in [2.05, 4.69) is 4.90 Å². The van der Waals surface area contributed by atoms with Crippen LogP contribution < -0.4 is 10.3 Å². The van der Waals surface area contributed by atoms with E-state index >= 15 is 0 Å². The normalized spacial score (nSPS) is 19.7. The first kappa shape index (κ1) is 17.3. The van der Waals surface area contributed by atoms with E-state index in [1.807, 2.05) is 36.4 Å². The quantitative estimate of drug-likeness (QED) is 0.838. The number of pyridine rings is 1. The Morgan fingerprint density at radius 3 is 2.35 bits per heavy atom. The van der Waals surface area contributed by atoms with Crippen molar-refractivity contribution in [2.45, 2.75) is 50.7 Å². The number of ether oxygens (including phenoxy) is 1. The molecule has 26 heavy (non-hydrogen) atoms. The molecular formula is C22H28N2O2. The van der Waals surface area contributed by atoms with Crippen molar-refractivity contribution in [3.05, 3.63) is 52.9 Å². The fourth-order valence-electron chi connectivity index (χ4n) is 4.35. The van der Waals surface area contributed by atoms with Crippen LogP contribution in [0.1, 0.15) is 38.5 Å². The highest BCUT2D eigenvalue weighted by molar-refractivity contribution is 5.63. The third-order valence-corrected chi connectivity index (χ3v) is 5.91. The van der Waals surface area contributed by atoms with Gasteiger partial charge in [-0.1, -0.05) is 25.0 Å². The van der Waals surface area contributed by atoms with Gasteiger partial charge in [0.15, 0.2) is 0 Å². The van der Waals surface area contributed by atoms with Crippen LogP contribution in [0.25, 0.3) is 11.1 Å². The molecule has 2 heterocycles. The maximum absolute atomic E-state index is 12.2. The molecule has 1 saturated carbocycles. The summed E-state index contributed by atoms with van der Waals surface area (Å²) < 4.78 is 7.81. The highest BCUT2D eigenvalue weighted by atomic mass is 16.5. The van der Waals surface area contributed by atoms with Crippen molar-refractivity contribution in [3.63, 3.8) is 0 Å². The maximum Gasteiger partial charge on any atom is 0.258 e. The number of nitrogens with zero attached hydrogens (tertiary/aromatic N) is 2. The van der Waals surface area contributed by atoms with Gasteiger partial charge in [0.2, 0.25) is 0 Å². The summed E-state index contributed by atoms with van der Waals surface area (Å²) in [7, 11) is 1.78. The van der Waals surface area contributed by atoms with E-state index in [0.29, 0.717) is 6.10 Å². The highest BCUT2D eigenvalue weighted by Crippen LogP contribution is 2.28. The zero-order valence-corrected chi connectivity index (χ0v) is 15.6. The van der Waals surface area contributed by atoms with E-state index in [9.17, 15) is 4.79 Å². The Balaban J connectivity index is 1.36. The Hall–Kier alpha value is -2.07. The summed E-state index contributed by atoms with van der Waals surface area (Å²) in [5.41, 5.74) is 1.70. The summed E-state index contributed by atoms with van der Waals surface area (Å²) in [4.78, 5) is 14.9. The van der Waals surface area contributed by atoms with Crippen molar-refractivity contribution >= 4 is 0 Å². The fourth-order valence-corrected chi connectivity index (χ4v) is 4.35. The second-order valence-corrected chi connectivity index (χ2v) is 7.65. The van der Waals surface area contributed by atoms with Crippen molar-refractivity contribution in [1.29, 1.82) is 0 Å². The number of benzene rings is 1. The lowest BCUT2D eigenvalue weighted by atomic mass is 10.0. The van der Waals surface area contributed by atoms with Crippen molar-refractivity contribution in [3.8, 4) is 16.9 Å². The largest absolute Gasteiger partial charge is 0.490 e. The van der Waals surface area contributed by atoms with Gasteiger partial charge in [-0.2, -0.15) is 0 Å². The van der Waals surface area contributed by atoms with Crippen LogP contribution in [-0.2, 0) is 7.05 Å². The van der Waals surface area contributed by atoms with Crippen LogP contribution in [0.5, 0.6) is 5.75 Å². The van der Waals surface area contributed by atoms with Crippen LogP contribution >= 0.6 is 0 Å². The Morgan fingerprint density at radius 1 is 0.962 bits per heavy atom. The molecule has 4 nitrogen and oxygen atoms in total. The predicted molar refractivity (Wildman–Crippen MR) is 105 cm³/mol. The molecule has 4 heteroatoms. The van der Waals surface area contributed by atoms with Gasteiger partial charge in [0.1, 0.15) is 11.9 Å². The van der Waals surface area contributed by atoms with Gasteiger partial charge in [0.05, 0.1) is 0 Å². The molecule has 0 radical (unpaired) electrons. The molecule has 0 unspecified atom stereocenters. The number of aromatic nitrogens is 1. The molecule has 0 atom stereocenters. The minimum atomic E-state index is 0.0282. The third kappa shape index (κ3) is 3.70. The standard InChI is InChI=1S/C22H28N2O2/c1-23-14-4-7-21(22(23)25)17-8-10-19(11-9-17)26-20-12-15-24(16-13-20)18-5-2-3-6-18/h4,7-11,14,18,20H,2-3,5-6,12-13,15-16H2,1H3. The number of aryl methyl sites for hydroxylation is 1. The molecule has 4 rings (SSSR count). The number of likely N-dealkylation sites (tertiary alicyclic amines) is 1. The van der Waals surface area contributed by atoms with E-state index in [-0.39, 0.29) is 5.56 Å². The van der Waals surface area contributed by atoms with E-state index in [0.717, 1.165) is 48.8 Å². The molecule has 2 aromatic rings. The molecule has 0 spiro atoms. The number of rotatable bonds is 4. The Bertz CT molecular complexity index is 783. The lowest BCUT2D eigenvalue weighted by molar-refractivity contribution is 0.0768. The molecule has 2 fully saturated rings. The summed E-state index contributed by atoms with van der Waals surface area (Å²) in [6, 6.07) is 12.6. The number of hydrogen-bond donors (Lipinski definition) is 0. The van der Waals surface area contributed by atoms with E-state index in [1.165, 1.54) is 25.7 Å². The van der Waals surface area contributed by atoms with Crippen molar-refractivity contribution in [2.24, 2.45) is 7.05 Å². The minimum absolute atomic E-state index is 0.0282. The Kier molecular flexibility index (Phi) is 5.11. The molecule has 1 saturated heterocycles. The fraction of sp³-hybridized carbons (Fsp3) is 0.500. The van der Waals surface area contributed by atoms with Crippen molar-refractivity contribution < 1.29 is 4.74 Å². The van der Waals surface area contributed by atoms with Crippen molar-refractivity contribution in [2.75, 3.05) is 13.1 Å². The monoisotopic (exact) mass is 352 g/mol. The highest BCUT2D eigenvalue weighted by Gasteiger charge is 2.27. The molecule has 1 aromatic heterocycles. The molecule has 0 amide bonds. The predicted octanol–water partition coefficient (Wildman–Crippen LogP) is 3.84. The average Bonchev–Trinajstić information content (AvgIpc) is 3.20. The molecule has 1 aliphatic carbocycles. The van der Waals surface area contributed by atoms with Gasteiger partial charge < -0.3 is 14.2 Å². The lowest BCUT2D eigenvalue weighted by Gasteiger charge is -2.36. The van der Waals surface area contributed by atoms with Gasteiger partial charge in [-0.25, -0.2) is 0 Å². The van der Waals surface area contributed by atoms with Gasteiger partial charge in [-0.05, 0) is 55.5 Å². The Labute approximate surface area is 155 Å². The molecular weight excluding hydrogens is 324 g/mol. The van der Waals surface area contributed by atoms with Crippen LogP contribution in [0, 0.1) is 0 Å². The van der Waals surface area contributed by atoms with E-state index in [4.69, 9.17) is 4.74 Å². The molecule has 2 aliphatic rings. The third-order valence-electron chi connectivity index (χ3n) is 5.91. The Morgan fingerprint density at radius 2 is 1.65 bits per heavy atom. The summed E-state index contributed by atoms with van der Waals surface area (Å²) in [5.74, 6) is 0.904. The average molecular weight is 352 g/mol. The summed E-state index contributed by atoms with van der Waals surface area (Å²) in [6.45, 7) is 2.32. The molecule has 1 aromatic carbocycles. The van der Waals surface area contributed by atoms with Crippen LogP contribution in [-0.4, -0.2) is 34.7 Å². The van der Waals surface area contributed by atoms with Gasteiger partial charge in [0.25, 0.3) is 5.56 Å². The second-order valence-electron chi connectivity index (χ2n) is 7.65. The second kappa shape index (κ2) is 7.67. The summed E-state index contributed by atoms with van der Waals surface area (Å²) in [6.07, 6.45) is 9.87. The first-order valence-corrected chi connectivity index (χ1v) is 9.87. The minimum Gasteiger partial charge on any atom is -0.490 e. The SMILES string of the molecule is Cn1cccc(-c2ccc(OC3CCN(C4CCCC4)CC3)cc2)c1=O. The van der Waals surface area contributed by atoms with Crippen LogP contribution in [0.3, 0.4) is 0 Å². The number of piperidine rings is 1. The first-order chi connectivity index (χ1) is 12.7. The van der Waals surface area contributed by atoms with Crippen LogP contribution in [0.2, 0.25) is 0 Å². The smallest absolute Gasteiger partial charge is 0.258 e. The molecule has 1 aliphatic heterocycles. The topological polar surface area (TPSA) is 34.5 Å². The lowest BCUT2D eigenvalue weighted by Crippen LogP contribution is -2.43. The maximum atomic E-state index is 12.2. The first-order valence-electron chi connectivity index (χ1n) is 9.87.